The summed E-state index contributed by atoms with van der Waals surface area (Å²) in [6, 6.07) is 1.82. The van der Waals surface area contributed by atoms with Crippen molar-refractivity contribution in [1.29, 1.82) is 0 Å². The van der Waals surface area contributed by atoms with Crippen molar-refractivity contribution in [3.63, 3.8) is 0 Å². The number of rotatable bonds is 4. The van der Waals surface area contributed by atoms with Gasteiger partial charge in [0.15, 0.2) is 0 Å². The summed E-state index contributed by atoms with van der Waals surface area (Å²) in [5.41, 5.74) is 0.955. The summed E-state index contributed by atoms with van der Waals surface area (Å²) >= 11 is 0. The van der Waals surface area contributed by atoms with Gasteiger partial charge in [0.2, 0.25) is 0 Å². The van der Waals surface area contributed by atoms with Gasteiger partial charge in [0, 0.05) is 31.9 Å². The van der Waals surface area contributed by atoms with Crippen LogP contribution in [0.1, 0.15) is 5.69 Å². The predicted molar refractivity (Wildman–Crippen MR) is 48.0 cm³/mol. The van der Waals surface area contributed by atoms with Crippen LogP contribution in [0.15, 0.2) is 12.3 Å². The molecule has 0 saturated heterocycles. The average molecular weight is 204 g/mol. The zero-order valence-corrected chi connectivity index (χ0v) is 8.08. The van der Waals surface area contributed by atoms with E-state index in [9.17, 15) is 8.42 Å². The summed E-state index contributed by atoms with van der Waals surface area (Å²) in [4.78, 5) is 0. The smallest absolute Gasteiger partial charge is 0.273 e. The number of hydrogen-bond donors (Lipinski definition) is 2. The van der Waals surface area contributed by atoms with Crippen molar-refractivity contribution < 1.29 is 8.42 Å². The molecule has 3 N–H and O–H groups in total. The maximum Gasteiger partial charge on any atom is 0.274 e. The first kappa shape index (κ1) is 10.2. The summed E-state index contributed by atoms with van der Waals surface area (Å²) in [5, 5.41) is 8.69. The Hall–Kier alpha value is -0.920. The Labute approximate surface area is 76.9 Å². The van der Waals surface area contributed by atoms with E-state index in [2.05, 4.69) is 9.82 Å². The van der Waals surface area contributed by atoms with Crippen LogP contribution in [0.4, 0.5) is 0 Å². The lowest BCUT2D eigenvalue weighted by atomic mass is 10.3. The van der Waals surface area contributed by atoms with Crippen LogP contribution in [0.5, 0.6) is 0 Å². The molecule has 6 nitrogen and oxygen atoms in total. The molecule has 0 spiro atoms. The third-order valence-corrected chi connectivity index (χ3v) is 2.21. The van der Waals surface area contributed by atoms with E-state index in [1.165, 1.54) is 0 Å². The largest absolute Gasteiger partial charge is 0.274 e. The van der Waals surface area contributed by atoms with Gasteiger partial charge in [0.1, 0.15) is 0 Å². The Bertz CT molecular complexity index is 370. The fraction of sp³-hybridized carbons (Fsp3) is 0.500. The molecule has 7 heteroatoms. The first-order chi connectivity index (χ1) is 5.99. The lowest BCUT2D eigenvalue weighted by molar-refractivity contribution is 0.581. The fourth-order valence-electron chi connectivity index (χ4n) is 0.968. The molecule has 1 aromatic rings. The number of aryl methyl sites for hydroxylation is 1. The SMILES string of the molecule is Cn1nccc1CCNS(N)(=O)=O. The Kier molecular flexibility index (Phi) is 3.02. The molecule has 0 aliphatic heterocycles. The second-order valence-corrected chi connectivity index (χ2v) is 4.01. The normalized spacial score (nSPS) is 11.8. The number of aromatic nitrogens is 2. The van der Waals surface area contributed by atoms with Crippen molar-refractivity contribution in [2.45, 2.75) is 6.42 Å². The summed E-state index contributed by atoms with van der Waals surface area (Å²) in [6.07, 6.45) is 2.24. The molecule has 0 aromatic carbocycles. The number of nitrogens with two attached hydrogens (primary N) is 1. The van der Waals surface area contributed by atoms with Crippen LogP contribution in [0.2, 0.25) is 0 Å². The van der Waals surface area contributed by atoms with Crippen LogP contribution in [0.3, 0.4) is 0 Å². The van der Waals surface area contributed by atoms with Crippen LogP contribution in [-0.4, -0.2) is 24.7 Å². The Balaban J connectivity index is 2.41. The number of hydrogen-bond acceptors (Lipinski definition) is 3. The quantitative estimate of drug-likeness (QED) is 0.642. The van der Waals surface area contributed by atoms with Gasteiger partial charge in [-0.2, -0.15) is 13.5 Å². The molecule has 0 fully saturated rings. The van der Waals surface area contributed by atoms with E-state index in [1.54, 1.807) is 17.9 Å². The molecule has 0 radical (unpaired) electrons. The van der Waals surface area contributed by atoms with Crippen LogP contribution in [0, 0.1) is 0 Å². The van der Waals surface area contributed by atoms with E-state index in [0.29, 0.717) is 13.0 Å². The molecule has 0 atom stereocenters. The van der Waals surface area contributed by atoms with E-state index in [0.717, 1.165) is 5.69 Å². The van der Waals surface area contributed by atoms with Crippen molar-refractivity contribution in [2.75, 3.05) is 6.54 Å². The molecule has 1 aromatic heterocycles. The number of nitrogens with zero attached hydrogens (tertiary/aromatic N) is 2. The van der Waals surface area contributed by atoms with E-state index in [4.69, 9.17) is 5.14 Å². The summed E-state index contributed by atoms with van der Waals surface area (Å²) < 4.78 is 24.9. The topological polar surface area (TPSA) is 90.0 Å². The molecule has 0 saturated carbocycles. The van der Waals surface area contributed by atoms with Crippen molar-refractivity contribution in [1.82, 2.24) is 14.5 Å². The van der Waals surface area contributed by atoms with Gasteiger partial charge >= 0.3 is 0 Å². The lowest BCUT2D eigenvalue weighted by Gasteiger charge is -2.02. The van der Waals surface area contributed by atoms with Gasteiger partial charge in [-0.25, -0.2) is 9.86 Å². The van der Waals surface area contributed by atoms with Crippen molar-refractivity contribution in [3.8, 4) is 0 Å². The molecule has 13 heavy (non-hydrogen) atoms. The standard InChI is InChI=1S/C6H12N4O2S/c1-10-6(2-4-8-10)3-5-9-13(7,11)12/h2,4,9H,3,5H2,1H3,(H2,7,11,12). The highest BCUT2D eigenvalue weighted by molar-refractivity contribution is 7.87. The highest BCUT2D eigenvalue weighted by Crippen LogP contribution is 1.95. The summed E-state index contributed by atoms with van der Waals surface area (Å²) in [7, 11) is -1.77. The second-order valence-electron chi connectivity index (χ2n) is 2.64. The Morgan fingerprint density at radius 2 is 2.38 bits per heavy atom. The van der Waals surface area contributed by atoms with E-state index in [1.807, 2.05) is 6.07 Å². The molecule has 1 heterocycles. The monoisotopic (exact) mass is 204 g/mol. The van der Waals surface area contributed by atoms with Crippen molar-refractivity contribution in [2.24, 2.45) is 12.2 Å². The molecule has 0 bridgehead atoms. The first-order valence-electron chi connectivity index (χ1n) is 3.73. The van der Waals surface area contributed by atoms with Crippen molar-refractivity contribution in [3.05, 3.63) is 18.0 Å². The molecule has 0 aliphatic rings. The highest BCUT2D eigenvalue weighted by atomic mass is 32.2. The molecule has 0 unspecified atom stereocenters. The van der Waals surface area contributed by atoms with Gasteiger partial charge < -0.3 is 0 Å². The maximum atomic E-state index is 10.5. The van der Waals surface area contributed by atoms with Gasteiger partial charge in [-0.05, 0) is 6.07 Å². The van der Waals surface area contributed by atoms with Crippen LogP contribution in [0.25, 0.3) is 0 Å². The predicted octanol–water partition coefficient (Wildman–Crippen LogP) is -1.24. The minimum Gasteiger partial charge on any atom is -0.273 e. The average Bonchev–Trinajstić information content (AvgIpc) is 2.34. The van der Waals surface area contributed by atoms with Crippen LogP contribution < -0.4 is 9.86 Å². The molecule has 74 valence electrons. The number of nitrogens with one attached hydrogen (secondary N) is 1. The zero-order valence-electron chi connectivity index (χ0n) is 7.27. The molecule has 0 amide bonds. The Morgan fingerprint density at radius 3 is 2.85 bits per heavy atom. The molecular weight excluding hydrogens is 192 g/mol. The molecular formula is C6H12N4O2S. The van der Waals surface area contributed by atoms with Gasteiger partial charge in [-0.15, -0.1) is 0 Å². The second kappa shape index (κ2) is 3.86. The lowest BCUT2D eigenvalue weighted by Crippen LogP contribution is -2.32. The maximum absolute atomic E-state index is 10.5. The minimum absolute atomic E-state index is 0.290. The third-order valence-electron chi connectivity index (χ3n) is 1.61. The molecule has 1 rings (SSSR count). The third kappa shape index (κ3) is 3.53. The zero-order chi connectivity index (χ0) is 9.90. The summed E-state index contributed by atoms with van der Waals surface area (Å²) in [5.74, 6) is 0. The Morgan fingerprint density at radius 1 is 1.69 bits per heavy atom. The van der Waals surface area contributed by atoms with E-state index in [-0.39, 0.29) is 0 Å². The minimum atomic E-state index is -3.57. The van der Waals surface area contributed by atoms with Gasteiger partial charge in [-0.1, -0.05) is 0 Å². The molecule has 0 aliphatic carbocycles. The fourth-order valence-corrected chi connectivity index (χ4v) is 1.35. The summed E-state index contributed by atoms with van der Waals surface area (Å²) in [6.45, 7) is 0.290. The van der Waals surface area contributed by atoms with E-state index < -0.39 is 10.2 Å². The van der Waals surface area contributed by atoms with E-state index >= 15 is 0 Å². The van der Waals surface area contributed by atoms with Gasteiger partial charge in [0.25, 0.3) is 10.2 Å². The first-order valence-corrected chi connectivity index (χ1v) is 5.28. The van der Waals surface area contributed by atoms with Gasteiger partial charge in [0.05, 0.1) is 0 Å². The highest BCUT2D eigenvalue weighted by Gasteiger charge is 2.02. The van der Waals surface area contributed by atoms with Crippen LogP contribution in [-0.2, 0) is 23.7 Å². The van der Waals surface area contributed by atoms with Gasteiger partial charge in [-0.3, -0.25) is 4.68 Å². The van der Waals surface area contributed by atoms with Crippen molar-refractivity contribution >= 4 is 10.2 Å². The van der Waals surface area contributed by atoms with Crippen LogP contribution >= 0.6 is 0 Å².